The second-order valence-electron chi connectivity index (χ2n) is 7.32. The van der Waals surface area contributed by atoms with Gasteiger partial charge in [-0.25, -0.2) is 4.98 Å². The fraction of sp³-hybridized carbons (Fsp3) is 0.700. The average Bonchev–Trinajstić information content (AvgIpc) is 2.69. The molecule has 3 heterocycles. The number of hydrogen-bond donors (Lipinski definition) is 0. The molecule has 0 radical (unpaired) electrons. The zero-order valence-corrected chi connectivity index (χ0v) is 16.1. The van der Waals surface area contributed by atoms with Gasteiger partial charge in [-0.05, 0) is 26.7 Å². The lowest BCUT2D eigenvalue weighted by Crippen LogP contribution is -2.48. The smallest absolute Gasteiger partial charge is 0.147 e. The van der Waals surface area contributed by atoms with E-state index < -0.39 is 0 Å². The molecule has 3 rings (SSSR count). The zero-order chi connectivity index (χ0) is 18.2. The van der Waals surface area contributed by atoms with E-state index >= 15 is 0 Å². The number of piperidine rings is 1. The first kappa shape index (κ1) is 19.1. The molecule has 0 aromatic carbocycles. The summed E-state index contributed by atoms with van der Waals surface area (Å²) in [6.45, 7) is 12.4. The number of aromatic nitrogens is 2. The number of piperazine rings is 1. The molecule has 142 valence electrons. The van der Waals surface area contributed by atoms with Gasteiger partial charge in [-0.1, -0.05) is 11.8 Å². The second-order valence-corrected chi connectivity index (χ2v) is 7.32. The van der Waals surface area contributed by atoms with E-state index in [1.54, 1.807) is 12.4 Å². The van der Waals surface area contributed by atoms with Gasteiger partial charge in [-0.15, -0.1) is 0 Å². The Balaban J connectivity index is 1.29. The first-order valence-corrected chi connectivity index (χ1v) is 9.77. The highest BCUT2D eigenvalue weighted by Crippen LogP contribution is 2.18. The van der Waals surface area contributed by atoms with Gasteiger partial charge in [-0.3, -0.25) is 14.8 Å². The van der Waals surface area contributed by atoms with Gasteiger partial charge in [0, 0.05) is 57.7 Å². The summed E-state index contributed by atoms with van der Waals surface area (Å²) in [6, 6.07) is 0.650. The van der Waals surface area contributed by atoms with E-state index in [4.69, 9.17) is 4.74 Å². The average molecular weight is 358 g/mol. The van der Waals surface area contributed by atoms with Crippen LogP contribution in [0.5, 0.6) is 0 Å². The third kappa shape index (κ3) is 5.66. The summed E-state index contributed by atoms with van der Waals surface area (Å²) in [4.78, 5) is 15.7. The predicted molar refractivity (Wildman–Crippen MR) is 104 cm³/mol. The van der Waals surface area contributed by atoms with Crippen molar-refractivity contribution in [2.75, 3.05) is 57.3 Å². The van der Waals surface area contributed by atoms with E-state index in [-0.39, 0.29) is 0 Å². The van der Waals surface area contributed by atoms with Crippen LogP contribution in [0.25, 0.3) is 0 Å². The normalized spacial score (nSPS) is 20.2. The van der Waals surface area contributed by atoms with Crippen LogP contribution >= 0.6 is 0 Å². The van der Waals surface area contributed by atoms with Crippen LogP contribution in [0.4, 0.5) is 5.82 Å². The standard InChI is InChI=1S/C20H31N5O/c1-18(2)24-14-12-23(13-15-24)9-3-4-16-26-19-5-10-25(11-6-19)20-17-21-7-8-22-20/h7-8,17-19H,5-6,9-16H2,1-2H3. The molecule has 0 spiro atoms. The minimum atomic E-state index is 0.312. The van der Waals surface area contributed by atoms with Gasteiger partial charge in [0.25, 0.3) is 0 Å². The Hall–Kier alpha value is -1.68. The minimum Gasteiger partial charge on any atom is -0.365 e. The van der Waals surface area contributed by atoms with Gasteiger partial charge in [-0.2, -0.15) is 0 Å². The van der Waals surface area contributed by atoms with Gasteiger partial charge in [0.05, 0.1) is 18.8 Å². The lowest BCUT2D eigenvalue weighted by atomic mass is 10.1. The first-order chi connectivity index (χ1) is 12.7. The van der Waals surface area contributed by atoms with Gasteiger partial charge >= 0.3 is 0 Å². The highest BCUT2D eigenvalue weighted by atomic mass is 16.5. The van der Waals surface area contributed by atoms with Crippen molar-refractivity contribution in [3.8, 4) is 11.8 Å². The number of anilines is 1. The summed E-state index contributed by atoms with van der Waals surface area (Å²) >= 11 is 0. The highest BCUT2D eigenvalue weighted by Gasteiger charge is 2.20. The van der Waals surface area contributed by atoms with Gasteiger partial charge in [0.2, 0.25) is 0 Å². The van der Waals surface area contributed by atoms with E-state index in [1.807, 2.05) is 6.20 Å². The van der Waals surface area contributed by atoms with Crippen LogP contribution in [0.3, 0.4) is 0 Å². The molecule has 0 unspecified atom stereocenters. The summed E-state index contributed by atoms with van der Waals surface area (Å²) in [7, 11) is 0. The summed E-state index contributed by atoms with van der Waals surface area (Å²) in [6.07, 6.45) is 7.64. The third-order valence-electron chi connectivity index (χ3n) is 5.27. The van der Waals surface area contributed by atoms with Crippen LogP contribution in [0, 0.1) is 11.8 Å². The van der Waals surface area contributed by atoms with Crippen LogP contribution in [0.2, 0.25) is 0 Å². The molecule has 0 atom stereocenters. The summed E-state index contributed by atoms with van der Waals surface area (Å²) in [5.41, 5.74) is 0. The molecule has 26 heavy (non-hydrogen) atoms. The molecule has 1 aromatic heterocycles. The molecule has 6 heteroatoms. The number of nitrogens with zero attached hydrogens (tertiary/aromatic N) is 5. The molecule has 1 aromatic rings. The van der Waals surface area contributed by atoms with Crippen molar-refractivity contribution in [2.24, 2.45) is 0 Å². The Morgan fingerprint density at radius 2 is 1.85 bits per heavy atom. The molecule has 2 fully saturated rings. The van der Waals surface area contributed by atoms with Crippen molar-refractivity contribution in [1.29, 1.82) is 0 Å². The lowest BCUT2D eigenvalue weighted by molar-refractivity contribution is 0.0593. The SMILES string of the molecule is CC(C)N1CCN(CC#CCOC2CCN(c3cnccn3)CC2)CC1. The quantitative estimate of drug-likeness (QED) is 0.744. The fourth-order valence-corrected chi connectivity index (χ4v) is 3.52. The fourth-order valence-electron chi connectivity index (χ4n) is 3.52. The Labute approximate surface area is 157 Å². The Kier molecular flexibility index (Phi) is 7.24. The monoisotopic (exact) mass is 357 g/mol. The van der Waals surface area contributed by atoms with Crippen LogP contribution in [0.1, 0.15) is 26.7 Å². The van der Waals surface area contributed by atoms with E-state index in [1.165, 1.54) is 0 Å². The topological polar surface area (TPSA) is 44.7 Å². The van der Waals surface area contributed by atoms with Crippen molar-refractivity contribution in [1.82, 2.24) is 19.8 Å². The Bertz CT molecular complexity index is 581. The first-order valence-electron chi connectivity index (χ1n) is 9.77. The molecule has 0 N–H and O–H groups in total. The van der Waals surface area contributed by atoms with E-state index in [0.29, 0.717) is 18.8 Å². The molecule has 2 aliphatic rings. The van der Waals surface area contributed by atoms with E-state index in [9.17, 15) is 0 Å². The molecule has 0 amide bonds. The second kappa shape index (κ2) is 9.86. The van der Waals surface area contributed by atoms with Crippen LogP contribution in [-0.4, -0.2) is 84.3 Å². The molecular weight excluding hydrogens is 326 g/mol. The minimum absolute atomic E-state index is 0.312. The van der Waals surface area contributed by atoms with Gasteiger partial charge in [0.15, 0.2) is 0 Å². The summed E-state index contributed by atoms with van der Waals surface area (Å²) in [5.74, 6) is 7.43. The Morgan fingerprint density at radius 3 is 2.50 bits per heavy atom. The van der Waals surface area contributed by atoms with E-state index in [0.717, 1.165) is 64.5 Å². The van der Waals surface area contributed by atoms with Crippen molar-refractivity contribution in [3.63, 3.8) is 0 Å². The maximum Gasteiger partial charge on any atom is 0.147 e. The van der Waals surface area contributed by atoms with Crippen molar-refractivity contribution < 1.29 is 4.74 Å². The molecule has 2 aliphatic heterocycles. The van der Waals surface area contributed by atoms with Crippen LogP contribution in [0.15, 0.2) is 18.6 Å². The number of rotatable bonds is 5. The van der Waals surface area contributed by atoms with E-state index in [2.05, 4.69) is 50.4 Å². The van der Waals surface area contributed by atoms with Gasteiger partial charge < -0.3 is 9.64 Å². The largest absolute Gasteiger partial charge is 0.365 e. The lowest BCUT2D eigenvalue weighted by Gasteiger charge is -2.36. The molecule has 0 aliphatic carbocycles. The summed E-state index contributed by atoms with van der Waals surface area (Å²) < 4.78 is 5.94. The zero-order valence-electron chi connectivity index (χ0n) is 16.1. The van der Waals surface area contributed by atoms with Crippen LogP contribution in [-0.2, 0) is 4.74 Å². The number of hydrogen-bond acceptors (Lipinski definition) is 6. The number of ether oxygens (including phenoxy) is 1. The summed E-state index contributed by atoms with van der Waals surface area (Å²) in [5, 5.41) is 0. The van der Waals surface area contributed by atoms with Crippen molar-refractivity contribution >= 4 is 5.82 Å². The molecule has 0 bridgehead atoms. The molecule has 0 saturated carbocycles. The highest BCUT2D eigenvalue weighted by molar-refractivity contribution is 5.35. The predicted octanol–water partition coefficient (Wildman–Crippen LogP) is 1.49. The third-order valence-corrected chi connectivity index (χ3v) is 5.27. The maximum absolute atomic E-state index is 5.94. The maximum atomic E-state index is 5.94. The van der Waals surface area contributed by atoms with Gasteiger partial charge in [0.1, 0.15) is 12.4 Å². The van der Waals surface area contributed by atoms with Crippen molar-refractivity contribution in [2.45, 2.75) is 38.8 Å². The van der Waals surface area contributed by atoms with Crippen LogP contribution < -0.4 is 4.90 Å². The van der Waals surface area contributed by atoms with Crippen molar-refractivity contribution in [3.05, 3.63) is 18.6 Å². The molecular formula is C20H31N5O. The molecule has 6 nitrogen and oxygen atoms in total. The Morgan fingerprint density at radius 1 is 1.08 bits per heavy atom. The molecule has 2 saturated heterocycles.